The van der Waals surface area contributed by atoms with Gasteiger partial charge < -0.3 is 20.2 Å². The molecule has 4 N–H and O–H groups in total. The summed E-state index contributed by atoms with van der Waals surface area (Å²) in [5.41, 5.74) is 0. The Labute approximate surface area is 64.5 Å². The summed E-state index contributed by atoms with van der Waals surface area (Å²) in [6.07, 6.45) is 0. The molecule has 4 nitrogen and oxygen atoms in total. The minimum Gasteiger partial charge on any atom is -0.512 e. The maximum absolute atomic E-state index is 8.34. The van der Waals surface area contributed by atoms with Crippen molar-refractivity contribution in [3.05, 3.63) is 30.3 Å². The molecule has 0 aliphatic heterocycles. The molecule has 11 heavy (non-hydrogen) atoms. The minimum absolute atomic E-state index is 0. The highest BCUT2D eigenvalue weighted by Crippen LogP contribution is 2.07. The zero-order valence-corrected chi connectivity index (χ0v) is 5.77. The zero-order valence-electron chi connectivity index (χ0n) is 5.77. The molecule has 5 heteroatoms. The van der Waals surface area contributed by atoms with Gasteiger partial charge in [-0.05, 0) is 12.1 Å². The summed E-state index contributed by atoms with van der Waals surface area (Å²) in [5, 5.41) is 16.7. The molecule has 0 spiro atoms. The van der Waals surface area contributed by atoms with Crippen LogP contribution >= 0.6 is 0 Å². The molecular formula is C6H9BO4. The van der Waals surface area contributed by atoms with Gasteiger partial charge in [0, 0.05) is 0 Å². The van der Waals surface area contributed by atoms with Crippen LogP contribution in [0.3, 0.4) is 0 Å². The van der Waals surface area contributed by atoms with Crippen LogP contribution in [0, 0.1) is 0 Å². The lowest BCUT2D eigenvalue weighted by molar-refractivity contribution is 0.288. The van der Waals surface area contributed by atoms with Crippen LogP contribution in [-0.2, 0) is 0 Å². The van der Waals surface area contributed by atoms with Crippen LogP contribution in [-0.4, -0.2) is 22.8 Å². The highest BCUT2D eigenvalue weighted by molar-refractivity contribution is 6.33. The van der Waals surface area contributed by atoms with Crippen molar-refractivity contribution in [2.24, 2.45) is 0 Å². The van der Waals surface area contributed by atoms with E-state index in [1.54, 1.807) is 24.3 Å². The number of para-hydroxylation sites is 1. The summed E-state index contributed by atoms with van der Waals surface area (Å²) in [6.45, 7) is 0. The summed E-state index contributed by atoms with van der Waals surface area (Å²) in [6, 6.07) is 8.59. The van der Waals surface area contributed by atoms with Gasteiger partial charge in [-0.25, -0.2) is 0 Å². The Bertz CT molecular complexity index is 189. The van der Waals surface area contributed by atoms with Gasteiger partial charge in [0.2, 0.25) is 0 Å². The van der Waals surface area contributed by atoms with E-state index in [0.717, 1.165) is 0 Å². The van der Waals surface area contributed by atoms with Crippen molar-refractivity contribution < 1.29 is 20.2 Å². The third-order valence-electron chi connectivity index (χ3n) is 0.985. The van der Waals surface area contributed by atoms with Gasteiger partial charge in [-0.15, -0.1) is 0 Å². The molecular weight excluding hydrogens is 147 g/mol. The summed E-state index contributed by atoms with van der Waals surface area (Å²) in [5.74, 6) is 0.442. The first-order valence-electron chi connectivity index (χ1n) is 2.87. The highest BCUT2D eigenvalue weighted by Gasteiger charge is 2.09. The van der Waals surface area contributed by atoms with Crippen LogP contribution < -0.4 is 4.65 Å². The van der Waals surface area contributed by atoms with E-state index in [1.165, 1.54) is 0 Å². The average Bonchev–Trinajstić information content (AvgIpc) is 1.88. The maximum Gasteiger partial charge on any atom is 0.707 e. The minimum atomic E-state index is -1.73. The predicted octanol–water partition coefficient (Wildman–Crippen LogP) is -0.790. The van der Waals surface area contributed by atoms with E-state index >= 15 is 0 Å². The zero-order chi connectivity index (χ0) is 7.40. The summed E-state index contributed by atoms with van der Waals surface area (Å²) in [7, 11) is -1.73. The fourth-order valence-corrected chi connectivity index (χ4v) is 0.621. The Kier molecular flexibility index (Phi) is 4.29. The van der Waals surface area contributed by atoms with Crippen LogP contribution in [0.4, 0.5) is 0 Å². The maximum atomic E-state index is 8.34. The van der Waals surface area contributed by atoms with Gasteiger partial charge in [-0.3, -0.25) is 0 Å². The molecule has 0 amide bonds. The predicted molar refractivity (Wildman–Crippen MR) is 40.9 cm³/mol. The summed E-state index contributed by atoms with van der Waals surface area (Å²) < 4.78 is 4.53. The molecule has 1 rings (SSSR count). The SMILES string of the molecule is O.OB(O)Oc1ccccc1. The molecule has 0 saturated carbocycles. The van der Waals surface area contributed by atoms with Crippen molar-refractivity contribution >= 4 is 7.32 Å². The van der Waals surface area contributed by atoms with E-state index in [9.17, 15) is 0 Å². The van der Waals surface area contributed by atoms with E-state index in [1.807, 2.05) is 6.07 Å². The molecule has 1 aromatic carbocycles. The number of hydrogen-bond acceptors (Lipinski definition) is 3. The fourth-order valence-electron chi connectivity index (χ4n) is 0.621. The molecule has 0 bridgehead atoms. The van der Waals surface area contributed by atoms with Crippen molar-refractivity contribution in [3.63, 3.8) is 0 Å². The van der Waals surface area contributed by atoms with E-state index in [2.05, 4.69) is 4.65 Å². The lowest BCUT2D eigenvalue weighted by Gasteiger charge is -2.01. The van der Waals surface area contributed by atoms with Gasteiger partial charge in [0.05, 0.1) is 0 Å². The standard InChI is InChI=1S/C6H7BO3.H2O/c8-7(9)10-6-4-2-1-3-5-6;/h1-5,8-9H;1H2. The van der Waals surface area contributed by atoms with Crippen LogP contribution in [0.1, 0.15) is 0 Å². The number of rotatable bonds is 2. The van der Waals surface area contributed by atoms with Crippen LogP contribution in [0.15, 0.2) is 30.3 Å². The molecule has 0 aromatic heterocycles. The number of hydrogen-bond donors (Lipinski definition) is 2. The van der Waals surface area contributed by atoms with E-state index in [-0.39, 0.29) is 5.48 Å². The van der Waals surface area contributed by atoms with Gasteiger partial charge in [0.15, 0.2) is 0 Å². The monoisotopic (exact) mass is 156 g/mol. The summed E-state index contributed by atoms with van der Waals surface area (Å²) in [4.78, 5) is 0. The smallest absolute Gasteiger partial charge is 0.512 e. The second-order valence-corrected chi connectivity index (χ2v) is 1.76. The molecule has 1 aromatic rings. The molecule has 60 valence electrons. The second-order valence-electron chi connectivity index (χ2n) is 1.76. The lowest BCUT2D eigenvalue weighted by atomic mass is 10.2. The Morgan fingerprint density at radius 2 is 1.64 bits per heavy atom. The van der Waals surface area contributed by atoms with Crippen LogP contribution in [0.5, 0.6) is 5.75 Å². The molecule has 0 aliphatic carbocycles. The first kappa shape index (κ1) is 9.96. The number of benzene rings is 1. The van der Waals surface area contributed by atoms with Crippen molar-refractivity contribution in [1.29, 1.82) is 0 Å². The van der Waals surface area contributed by atoms with Gasteiger partial charge in [0.1, 0.15) is 5.75 Å². The van der Waals surface area contributed by atoms with E-state index in [4.69, 9.17) is 10.0 Å². The van der Waals surface area contributed by atoms with Gasteiger partial charge in [-0.2, -0.15) is 0 Å². The van der Waals surface area contributed by atoms with Crippen molar-refractivity contribution in [2.45, 2.75) is 0 Å². The Hall–Kier alpha value is -1.04. The van der Waals surface area contributed by atoms with Gasteiger partial charge in [0.25, 0.3) is 0 Å². The average molecular weight is 156 g/mol. The summed E-state index contributed by atoms with van der Waals surface area (Å²) >= 11 is 0. The van der Waals surface area contributed by atoms with Crippen molar-refractivity contribution in [3.8, 4) is 5.75 Å². The highest BCUT2D eigenvalue weighted by atomic mass is 16.6. The van der Waals surface area contributed by atoms with Crippen LogP contribution in [0.2, 0.25) is 0 Å². The van der Waals surface area contributed by atoms with Crippen molar-refractivity contribution in [2.75, 3.05) is 0 Å². The Morgan fingerprint density at radius 1 is 1.09 bits per heavy atom. The molecule has 0 unspecified atom stereocenters. The molecule has 0 atom stereocenters. The topological polar surface area (TPSA) is 81.2 Å². The Morgan fingerprint density at radius 3 is 2.09 bits per heavy atom. The fraction of sp³-hybridized carbons (Fsp3) is 0. The van der Waals surface area contributed by atoms with E-state index < -0.39 is 7.32 Å². The van der Waals surface area contributed by atoms with Gasteiger partial charge >= 0.3 is 7.32 Å². The second kappa shape index (κ2) is 4.73. The normalized spacial score (nSPS) is 8.18. The van der Waals surface area contributed by atoms with Crippen LogP contribution in [0.25, 0.3) is 0 Å². The lowest BCUT2D eigenvalue weighted by Crippen LogP contribution is -2.20. The molecule has 0 heterocycles. The Balaban J connectivity index is 0.000001000. The van der Waals surface area contributed by atoms with Crippen molar-refractivity contribution in [1.82, 2.24) is 0 Å². The van der Waals surface area contributed by atoms with E-state index in [0.29, 0.717) is 5.75 Å². The van der Waals surface area contributed by atoms with Gasteiger partial charge in [-0.1, -0.05) is 18.2 Å². The third kappa shape index (κ3) is 3.62. The first-order valence-corrected chi connectivity index (χ1v) is 2.87. The molecule has 0 saturated heterocycles. The quantitative estimate of drug-likeness (QED) is 0.550. The molecule has 0 radical (unpaired) electrons. The first-order chi connectivity index (χ1) is 4.79. The molecule has 0 fully saturated rings. The third-order valence-corrected chi connectivity index (χ3v) is 0.985. The largest absolute Gasteiger partial charge is 0.707 e. The molecule has 0 aliphatic rings.